The maximum absolute atomic E-state index is 12.6. The van der Waals surface area contributed by atoms with E-state index < -0.39 is 0 Å². The minimum absolute atomic E-state index is 0.0287. The van der Waals surface area contributed by atoms with Crippen molar-refractivity contribution < 1.29 is 4.79 Å². The molecule has 0 aliphatic carbocycles. The number of thiazole rings is 1. The molecule has 0 saturated carbocycles. The van der Waals surface area contributed by atoms with Crippen molar-refractivity contribution in [1.82, 2.24) is 9.38 Å². The molecule has 0 aliphatic rings. The predicted molar refractivity (Wildman–Crippen MR) is 105 cm³/mol. The van der Waals surface area contributed by atoms with Crippen LogP contribution in [0.3, 0.4) is 0 Å². The van der Waals surface area contributed by atoms with Gasteiger partial charge in [0, 0.05) is 35.6 Å². The number of benzene rings is 1. The Morgan fingerprint density at radius 1 is 1.36 bits per heavy atom. The predicted octanol–water partition coefficient (Wildman–Crippen LogP) is 3.35. The summed E-state index contributed by atoms with van der Waals surface area (Å²) in [6.45, 7) is 3.77. The van der Waals surface area contributed by atoms with Crippen molar-refractivity contribution in [1.29, 1.82) is 0 Å². The summed E-state index contributed by atoms with van der Waals surface area (Å²) in [5, 5.41) is 1.69. The number of hydrogen-bond acceptors (Lipinski definition) is 5. The van der Waals surface area contributed by atoms with Gasteiger partial charge in [-0.15, -0.1) is 23.1 Å². The van der Waals surface area contributed by atoms with Crippen molar-refractivity contribution in [2.45, 2.75) is 24.9 Å². The van der Waals surface area contributed by atoms with Crippen molar-refractivity contribution in [3.8, 4) is 0 Å². The zero-order valence-corrected chi connectivity index (χ0v) is 15.9. The van der Waals surface area contributed by atoms with E-state index in [0.717, 1.165) is 11.4 Å². The molecule has 3 aromatic rings. The van der Waals surface area contributed by atoms with E-state index in [1.807, 2.05) is 49.6 Å². The van der Waals surface area contributed by atoms with Gasteiger partial charge < -0.3 is 4.90 Å². The summed E-state index contributed by atoms with van der Waals surface area (Å²) in [4.78, 5) is 31.6. The number of aromatic nitrogens is 2. The average Bonchev–Trinajstić information content (AvgIpc) is 3.00. The third-order valence-corrected chi connectivity index (χ3v) is 6.04. The molecule has 0 unspecified atom stereocenters. The zero-order chi connectivity index (χ0) is 18.0. The van der Waals surface area contributed by atoms with Crippen LogP contribution < -0.4 is 10.5 Å². The molecule has 1 atom stereocenters. The molecule has 25 heavy (non-hydrogen) atoms. The highest BCUT2D eigenvalue weighted by molar-refractivity contribution is 7.99. The van der Waals surface area contributed by atoms with Crippen molar-refractivity contribution in [3.05, 3.63) is 63.5 Å². The molecule has 0 radical (unpaired) electrons. The summed E-state index contributed by atoms with van der Waals surface area (Å²) in [7, 11) is 1.78. The summed E-state index contributed by atoms with van der Waals surface area (Å²) < 4.78 is 1.61. The quantitative estimate of drug-likeness (QED) is 0.688. The van der Waals surface area contributed by atoms with Gasteiger partial charge in [0.1, 0.15) is 0 Å². The van der Waals surface area contributed by atoms with Gasteiger partial charge in [0.25, 0.3) is 5.56 Å². The van der Waals surface area contributed by atoms with Crippen LogP contribution in [0.15, 0.2) is 46.6 Å². The number of amides is 1. The first kappa shape index (κ1) is 17.7. The largest absolute Gasteiger partial charge is 0.315 e. The van der Waals surface area contributed by atoms with E-state index >= 15 is 0 Å². The van der Waals surface area contributed by atoms with E-state index in [1.54, 1.807) is 22.4 Å². The van der Waals surface area contributed by atoms with Gasteiger partial charge in [-0.05, 0) is 26.0 Å². The van der Waals surface area contributed by atoms with Crippen LogP contribution in [0, 0.1) is 6.92 Å². The Labute approximate surface area is 154 Å². The molecule has 0 fully saturated rings. The summed E-state index contributed by atoms with van der Waals surface area (Å²) in [5.74, 6) is 0.555. The van der Waals surface area contributed by atoms with Gasteiger partial charge in [0.05, 0.1) is 10.9 Å². The van der Waals surface area contributed by atoms with Crippen LogP contribution in [0.4, 0.5) is 5.69 Å². The lowest BCUT2D eigenvalue weighted by molar-refractivity contribution is -0.117. The van der Waals surface area contributed by atoms with E-state index in [2.05, 4.69) is 4.98 Å². The minimum Gasteiger partial charge on any atom is -0.315 e. The van der Waals surface area contributed by atoms with Crippen molar-refractivity contribution in [3.63, 3.8) is 0 Å². The van der Waals surface area contributed by atoms with Gasteiger partial charge >= 0.3 is 0 Å². The normalized spacial score (nSPS) is 12.3. The third-order valence-electron chi connectivity index (χ3n) is 3.93. The fraction of sp³-hybridized carbons (Fsp3) is 0.278. The highest BCUT2D eigenvalue weighted by atomic mass is 32.2. The van der Waals surface area contributed by atoms with E-state index in [0.29, 0.717) is 16.4 Å². The lowest BCUT2D eigenvalue weighted by Crippen LogP contribution is -2.33. The number of aryl methyl sites for hydroxylation is 1. The highest BCUT2D eigenvalue weighted by Gasteiger charge is 2.19. The molecule has 3 rings (SSSR count). The van der Waals surface area contributed by atoms with Crippen LogP contribution in [0.1, 0.15) is 18.3 Å². The Morgan fingerprint density at radius 2 is 2.08 bits per heavy atom. The molecule has 5 nitrogen and oxygen atoms in total. The van der Waals surface area contributed by atoms with Crippen molar-refractivity contribution in [2.75, 3.05) is 11.9 Å². The third kappa shape index (κ3) is 3.77. The Balaban J connectivity index is 1.69. The van der Waals surface area contributed by atoms with Crippen molar-refractivity contribution in [2.24, 2.45) is 0 Å². The molecule has 7 heteroatoms. The molecule has 2 aromatic heterocycles. The first-order valence-electron chi connectivity index (χ1n) is 7.88. The minimum atomic E-state index is -0.226. The molecule has 1 amide bonds. The molecule has 0 bridgehead atoms. The lowest BCUT2D eigenvalue weighted by atomic mass is 10.3. The molecular formula is C18H19N3O2S2. The number of anilines is 1. The molecule has 0 saturated heterocycles. The van der Waals surface area contributed by atoms with Crippen molar-refractivity contribution >= 4 is 39.7 Å². The highest BCUT2D eigenvalue weighted by Crippen LogP contribution is 2.21. The lowest BCUT2D eigenvalue weighted by Gasteiger charge is -2.21. The van der Waals surface area contributed by atoms with Crippen LogP contribution in [0.5, 0.6) is 0 Å². The fourth-order valence-corrected chi connectivity index (χ4v) is 4.27. The number of nitrogens with zero attached hydrogens (tertiary/aromatic N) is 3. The zero-order valence-electron chi connectivity index (χ0n) is 14.3. The second-order valence-electron chi connectivity index (χ2n) is 5.77. The van der Waals surface area contributed by atoms with E-state index in [9.17, 15) is 9.59 Å². The molecule has 2 heterocycles. The maximum Gasteiger partial charge on any atom is 0.258 e. The van der Waals surface area contributed by atoms with Gasteiger partial charge in [-0.3, -0.25) is 14.0 Å². The van der Waals surface area contributed by atoms with Crippen LogP contribution in [-0.4, -0.2) is 27.6 Å². The number of rotatable bonds is 5. The van der Waals surface area contributed by atoms with Gasteiger partial charge in [0.2, 0.25) is 5.91 Å². The summed E-state index contributed by atoms with van der Waals surface area (Å²) in [6.07, 6.45) is 0. The van der Waals surface area contributed by atoms with Gasteiger partial charge in [-0.25, -0.2) is 4.98 Å². The Kier molecular flexibility index (Phi) is 5.24. The molecule has 1 aromatic carbocycles. The van der Waals surface area contributed by atoms with Gasteiger partial charge in [-0.1, -0.05) is 18.2 Å². The number of hydrogen-bond donors (Lipinski definition) is 0. The van der Waals surface area contributed by atoms with Crippen LogP contribution in [-0.2, 0) is 10.5 Å². The second kappa shape index (κ2) is 7.41. The molecule has 0 spiro atoms. The molecular weight excluding hydrogens is 354 g/mol. The van der Waals surface area contributed by atoms with Gasteiger partial charge in [0.15, 0.2) is 4.96 Å². The monoisotopic (exact) mass is 373 g/mol. The smallest absolute Gasteiger partial charge is 0.258 e. The number of fused-ring (bicyclic) bond motifs is 1. The topological polar surface area (TPSA) is 54.7 Å². The fourth-order valence-electron chi connectivity index (χ4n) is 2.51. The van der Waals surface area contributed by atoms with Crippen LogP contribution in [0.25, 0.3) is 4.96 Å². The first-order valence-corrected chi connectivity index (χ1v) is 9.81. The second-order valence-corrected chi connectivity index (χ2v) is 7.93. The van der Waals surface area contributed by atoms with E-state index in [-0.39, 0.29) is 16.7 Å². The van der Waals surface area contributed by atoms with Crippen LogP contribution >= 0.6 is 23.1 Å². The maximum atomic E-state index is 12.6. The molecule has 0 N–H and O–H groups in total. The average molecular weight is 374 g/mol. The Morgan fingerprint density at radius 3 is 2.80 bits per heavy atom. The van der Waals surface area contributed by atoms with Gasteiger partial charge in [-0.2, -0.15) is 0 Å². The first-order chi connectivity index (χ1) is 12.0. The summed E-state index contributed by atoms with van der Waals surface area (Å²) in [5.41, 5.74) is 2.40. The number of carbonyl (C=O) groups is 1. The van der Waals surface area contributed by atoms with Crippen LogP contribution in [0.2, 0.25) is 0 Å². The Bertz CT molecular complexity index is 950. The van der Waals surface area contributed by atoms with E-state index in [4.69, 9.17) is 0 Å². The number of para-hydroxylation sites is 1. The molecule has 130 valence electrons. The summed E-state index contributed by atoms with van der Waals surface area (Å²) in [6, 6.07) is 11.1. The SMILES string of the molecule is Cc1csc2nc(CS[C@H](C)C(=O)N(C)c3ccccc3)cc(=O)n12. The number of carbonyl (C=O) groups excluding carboxylic acids is 1. The summed E-state index contributed by atoms with van der Waals surface area (Å²) >= 11 is 2.94. The molecule has 0 aliphatic heterocycles. The van der Waals surface area contributed by atoms with E-state index in [1.165, 1.54) is 23.1 Å². The Hall–Kier alpha value is -2.12. The standard InChI is InChI=1S/C18H19N3O2S2/c1-12-10-25-18-19-14(9-16(22)21(12)18)11-24-13(2)17(23)20(3)15-7-5-4-6-8-15/h4-10,13H,11H2,1-3H3/t13-/m1/s1. The number of thioether (sulfide) groups is 1.